The molecule has 3 unspecified atom stereocenters. The van der Waals surface area contributed by atoms with Gasteiger partial charge in [-0.1, -0.05) is 12.1 Å². The first-order valence-corrected chi connectivity index (χ1v) is 9.21. The molecule has 4 rings (SSSR count). The Morgan fingerprint density at radius 3 is 2.52 bits per heavy atom. The van der Waals surface area contributed by atoms with Crippen LogP contribution in [0.15, 0.2) is 24.3 Å². The molecule has 1 aromatic carbocycles. The van der Waals surface area contributed by atoms with Gasteiger partial charge in [0.2, 0.25) is 0 Å². The maximum atomic E-state index is 12.4. The second-order valence-electron chi connectivity index (χ2n) is 8.20. The summed E-state index contributed by atoms with van der Waals surface area (Å²) in [6.07, 6.45) is 3.13. The van der Waals surface area contributed by atoms with Crippen molar-refractivity contribution in [2.75, 3.05) is 13.7 Å². The van der Waals surface area contributed by atoms with E-state index in [9.17, 15) is 4.79 Å². The summed E-state index contributed by atoms with van der Waals surface area (Å²) in [6, 6.07) is 8.95. The second kappa shape index (κ2) is 7.24. The molecule has 2 heterocycles. The summed E-state index contributed by atoms with van der Waals surface area (Å²) in [5.74, 6) is 1.39. The van der Waals surface area contributed by atoms with Gasteiger partial charge in [-0.15, -0.1) is 0 Å². The van der Waals surface area contributed by atoms with Gasteiger partial charge in [0.15, 0.2) is 0 Å². The lowest BCUT2D eigenvalue weighted by atomic mass is 9.76. The average molecular weight is 346 g/mol. The maximum absolute atomic E-state index is 12.4. The van der Waals surface area contributed by atoms with E-state index in [1.54, 1.807) is 7.11 Å². The quantitative estimate of drug-likeness (QED) is 0.905. The van der Waals surface area contributed by atoms with Gasteiger partial charge in [-0.2, -0.15) is 0 Å². The lowest BCUT2D eigenvalue weighted by molar-refractivity contribution is -0.0212. The Hall–Kier alpha value is -1.75. The number of hydrogen-bond acceptors (Lipinski definition) is 4. The van der Waals surface area contributed by atoms with Crippen LogP contribution >= 0.6 is 0 Å². The number of amides is 1. The van der Waals surface area contributed by atoms with Gasteiger partial charge in [0.25, 0.3) is 0 Å². The lowest BCUT2D eigenvalue weighted by Gasteiger charge is -2.49. The number of fused-ring (bicyclic) bond motifs is 3. The van der Waals surface area contributed by atoms with Gasteiger partial charge in [0.05, 0.1) is 7.11 Å². The Balaban J connectivity index is 1.54. The lowest BCUT2D eigenvalue weighted by Crippen LogP contribution is -2.60. The van der Waals surface area contributed by atoms with Gasteiger partial charge in [0, 0.05) is 25.2 Å². The van der Waals surface area contributed by atoms with Crippen LogP contribution in [0.1, 0.15) is 45.6 Å². The summed E-state index contributed by atoms with van der Waals surface area (Å²) in [5.41, 5.74) is 0.825. The SMILES string of the molecule is COc1ccc(CNC2CC3CCC2CN3C(=O)OC(C)(C)C)cc1. The highest BCUT2D eigenvalue weighted by Crippen LogP contribution is 2.36. The summed E-state index contributed by atoms with van der Waals surface area (Å²) >= 11 is 0. The Morgan fingerprint density at radius 1 is 1.24 bits per heavy atom. The van der Waals surface area contributed by atoms with Gasteiger partial charge in [0.1, 0.15) is 11.4 Å². The molecule has 1 N–H and O–H groups in total. The van der Waals surface area contributed by atoms with Crippen LogP contribution in [0.2, 0.25) is 0 Å². The molecule has 0 aromatic heterocycles. The Morgan fingerprint density at radius 2 is 1.96 bits per heavy atom. The number of benzene rings is 1. The molecule has 2 saturated heterocycles. The number of carbonyl (C=O) groups is 1. The highest BCUT2D eigenvalue weighted by molar-refractivity contribution is 5.69. The zero-order valence-corrected chi connectivity index (χ0v) is 15.7. The molecule has 5 heteroatoms. The van der Waals surface area contributed by atoms with Crippen LogP contribution in [0.25, 0.3) is 0 Å². The summed E-state index contributed by atoms with van der Waals surface area (Å²) in [7, 11) is 1.68. The third-order valence-corrected chi connectivity index (χ3v) is 5.19. The van der Waals surface area contributed by atoms with E-state index in [4.69, 9.17) is 9.47 Å². The van der Waals surface area contributed by atoms with E-state index in [1.807, 2.05) is 37.8 Å². The third kappa shape index (κ3) is 4.46. The molecular weight excluding hydrogens is 316 g/mol. The van der Waals surface area contributed by atoms with Crippen molar-refractivity contribution in [3.05, 3.63) is 29.8 Å². The van der Waals surface area contributed by atoms with Crippen molar-refractivity contribution in [3.63, 3.8) is 0 Å². The topological polar surface area (TPSA) is 50.8 Å². The first-order valence-electron chi connectivity index (χ1n) is 9.21. The molecule has 1 aliphatic carbocycles. The van der Waals surface area contributed by atoms with Crippen molar-refractivity contribution in [1.82, 2.24) is 10.2 Å². The fraction of sp³-hybridized carbons (Fsp3) is 0.650. The molecule has 25 heavy (non-hydrogen) atoms. The van der Waals surface area contributed by atoms with Crippen molar-refractivity contribution in [2.45, 2.75) is 64.3 Å². The summed E-state index contributed by atoms with van der Waals surface area (Å²) in [6.45, 7) is 7.43. The normalized spacial score (nSPS) is 25.8. The van der Waals surface area contributed by atoms with Gasteiger partial charge in [-0.3, -0.25) is 0 Å². The molecule has 2 bridgehead atoms. The van der Waals surface area contributed by atoms with Crippen LogP contribution in [-0.2, 0) is 11.3 Å². The summed E-state index contributed by atoms with van der Waals surface area (Å²) in [5, 5.41) is 3.69. The summed E-state index contributed by atoms with van der Waals surface area (Å²) < 4.78 is 10.8. The zero-order chi connectivity index (χ0) is 18.0. The van der Waals surface area contributed by atoms with Crippen LogP contribution < -0.4 is 10.1 Å². The van der Waals surface area contributed by atoms with Crippen LogP contribution in [0.5, 0.6) is 5.75 Å². The Bertz CT molecular complexity index is 594. The molecule has 0 spiro atoms. The van der Waals surface area contributed by atoms with E-state index in [0.29, 0.717) is 18.0 Å². The fourth-order valence-corrected chi connectivity index (χ4v) is 3.90. The number of ether oxygens (including phenoxy) is 2. The molecule has 2 aliphatic heterocycles. The van der Waals surface area contributed by atoms with Crippen molar-refractivity contribution in [2.24, 2.45) is 5.92 Å². The Labute approximate surface area is 150 Å². The minimum absolute atomic E-state index is 0.157. The first kappa shape index (κ1) is 18.1. The molecular formula is C20H30N2O3. The van der Waals surface area contributed by atoms with Crippen LogP contribution in [0, 0.1) is 5.92 Å². The molecule has 0 radical (unpaired) electrons. The van der Waals surface area contributed by atoms with E-state index in [1.165, 1.54) is 12.0 Å². The number of hydrogen-bond donors (Lipinski definition) is 1. The van der Waals surface area contributed by atoms with E-state index in [-0.39, 0.29) is 6.09 Å². The monoisotopic (exact) mass is 346 g/mol. The molecule has 1 amide bonds. The highest BCUT2D eigenvalue weighted by atomic mass is 16.6. The number of carbonyl (C=O) groups excluding carboxylic acids is 1. The summed E-state index contributed by atoms with van der Waals surface area (Å²) in [4.78, 5) is 14.4. The Kier molecular flexibility index (Phi) is 5.23. The fourth-order valence-electron chi connectivity index (χ4n) is 3.90. The third-order valence-electron chi connectivity index (χ3n) is 5.19. The molecule has 1 saturated carbocycles. The standard InChI is InChI=1S/C20H30N2O3/c1-20(2,3)25-19(23)22-13-15-7-8-16(22)11-18(15)21-12-14-5-9-17(24-4)10-6-14/h5-6,9-10,15-16,18,21H,7-8,11-13H2,1-4H3. The second-order valence-corrected chi connectivity index (χ2v) is 8.20. The zero-order valence-electron chi connectivity index (χ0n) is 15.7. The minimum atomic E-state index is -0.431. The number of piperidine rings is 2. The predicted molar refractivity (Wildman–Crippen MR) is 97.7 cm³/mol. The molecule has 1 aromatic rings. The first-order chi connectivity index (χ1) is 11.9. The molecule has 3 aliphatic rings. The highest BCUT2D eigenvalue weighted by Gasteiger charge is 2.43. The van der Waals surface area contributed by atoms with Gasteiger partial charge >= 0.3 is 6.09 Å². The number of nitrogens with one attached hydrogen (secondary N) is 1. The van der Waals surface area contributed by atoms with Crippen molar-refractivity contribution < 1.29 is 14.3 Å². The van der Waals surface area contributed by atoms with Crippen molar-refractivity contribution >= 4 is 6.09 Å². The number of methoxy groups -OCH3 is 1. The van der Waals surface area contributed by atoms with Crippen molar-refractivity contribution in [1.29, 1.82) is 0 Å². The molecule has 5 nitrogen and oxygen atoms in total. The minimum Gasteiger partial charge on any atom is -0.497 e. The maximum Gasteiger partial charge on any atom is 0.410 e. The van der Waals surface area contributed by atoms with E-state index >= 15 is 0 Å². The smallest absolute Gasteiger partial charge is 0.410 e. The van der Waals surface area contributed by atoms with Gasteiger partial charge in [-0.05, 0) is 63.6 Å². The number of nitrogens with zero attached hydrogens (tertiary/aromatic N) is 1. The van der Waals surface area contributed by atoms with E-state index in [2.05, 4.69) is 17.4 Å². The van der Waals surface area contributed by atoms with Crippen molar-refractivity contribution in [3.8, 4) is 5.75 Å². The van der Waals surface area contributed by atoms with E-state index < -0.39 is 5.60 Å². The number of rotatable bonds is 4. The molecule has 3 atom stereocenters. The average Bonchev–Trinajstić information content (AvgIpc) is 2.59. The molecule has 138 valence electrons. The predicted octanol–water partition coefficient (Wildman–Crippen LogP) is 3.57. The van der Waals surface area contributed by atoms with Gasteiger partial charge < -0.3 is 19.7 Å². The van der Waals surface area contributed by atoms with Crippen LogP contribution in [0.3, 0.4) is 0 Å². The molecule has 3 fully saturated rings. The van der Waals surface area contributed by atoms with Gasteiger partial charge in [-0.25, -0.2) is 4.79 Å². The van der Waals surface area contributed by atoms with Crippen LogP contribution in [0.4, 0.5) is 4.79 Å². The van der Waals surface area contributed by atoms with Crippen LogP contribution in [-0.4, -0.2) is 42.3 Å². The largest absolute Gasteiger partial charge is 0.497 e. The van der Waals surface area contributed by atoms with E-state index in [0.717, 1.165) is 31.7 Å².